The van der Waals surface area contributed by atoms with Crippen molar-refractivity contribution in [1.82, 2.24) is 9.55 Å². The number of nitrogens with zero attached hydrogens (tertiary/aromatic N) is 2. The highest BCUT2D eigenvalue weighted by atomic mass is 79.9. The Hall–Kier alpha value is -1.05. The number of fused-ring (bicyclic) bond motifs is 1. The fourth-order valence-corrected chi connectivity index (χ4v) is 3.79. The first-order chi connectivity index (χ1) is 10.1. The first-order valence-corrected chi connectivity index (χ1v) is 8.48. The number of halogens is 1. The van der Waals surface area contributed by atoms with E-state index in [-0.39, 0.29) is 17.9 Å². The molecule has 1 aliphatic heterocycles. The van der Waals surface area contributed by atoms with Gasteiger partial charge in [0.1, 0.15) is 0 Å². The smallest absolute Gasteiger partial charge is 0.313 e. The van der Waals surface area contributed by atoms with Crippen LogP contribution in [0.4, 0.5) is 0 Å². The summed E-state index contributed by atoms with van der Waals surface area (Å²) in [5, 5.41) is 9.66. The quantitative estimate of drug-likeness (QED) is 0.836. The van der Waals surface area contributed by atoms with Crippen LogP contribution < -0.4 is 0 Å². The molecule has 0 spiro atoms. The zero-order chi connectivity index (χ0) is 15.0. The molecule has 2 atom stereocenters. The van der Waals surface area contributed by atoms with Crippen molar-refractivity contribution < 1.29 is 14.6 Å². The van der Waals surface area contributed by atoms with E-state index in [1.165, 1.54) is 11.8 Å². The number of thioether (sulfide) groups is 1. The van der Waals surface area contributed by atoms with Gasteiger partial charge in [-0.2, -0.15) is 0 Å². The van der Waals surface area contributed by atoms with E-state index in [0.29, 0.717) is 0 Å². The maximum atomic E-state index is 10.8. The largest absolute Gasteiger partial charge is 0.481 e. The third-order valence-electron chi connectivity index (χ3n) is 3.61. The minimum atomic E-state index is -0.837. The normalized spacial score (nSPS) is 22.0. The average Bonchev–Trinajstić information content (AvgIpc) is 2.99. The summed E-state index contributed by atoms with van der Waals surface area (Å²) in [6.45, 7) is 2.77. The summed E-state index contributed by atoms with van der Waals surface area (Å²) in [7, 11) is 0. The molecule has 2 unspecified atom stereocenters. The first-order valence-electron chi connectivity index (χ1n) is 6.70. The molecule has 2 heterocycles. The molecule has 1 N–H and O–H groups in total. The Morgan fingerprint density at radius 2 is 2.43 bits per heavy atom. The number of imidazole rings is 1. The molecule has 0 amide bonds. The van der Waals surface area contributed by atoms with Gasteiger partial charge in [-0.15, -0.1) is 0 Å². The Morgan fingerprint density at radius 3 is 3.10 bits per heavy atom. The van der Waals surface area contributed by atoms with Gasteiger partial charge in [0.15, 0.2) is 5.16 Å². The van der Waals surface area contributed by atoms with E-state index in [4.69, 9.17) is 9.84 Å². The van der Waals surface area contributed by atoms with Gasteiger partial charge in [0.2, 0.25) is 0 Å². The Balaban J connectivity index is 2.09. The molecule has 1 aliphatic rings. The summed E-state index contributed by atoms with van der Waals surface area (Å²) in [5.74, 6) is -0.831. The molecule has 0 aliphatic carbocycles. The van der Waals surface area contributed by atoms with E-state index in [9.17, 15) is 4.79 Å². The summed E-state index contributed by atoms with van der Waals surface area (Å²) in [5.41, 5.74) is 1.89. The van der Waals surface area contributed by atoms with Crippen LogP contribution in [-0.4, -0.2) is 39.1 Å². The lowest BCUT2D eigenvalue weighted by atomic mass is 10.1. The van der Waals surface area contributed by atoms with E-state index in [2.05, 4.69) is 25.5 Å². The Kier molecular flexibility index (Phi) is 4.24. The van der Waals surface area contributed by atoms with Crippen LogP contribution in [0.1, 0.15) is 19.4 Å². The number of carboxylic acids is 1. The third kappa shape index (κ3) is 2.95. The summed E-state index contributed by atoms with van der Waals surface area (Å²) < 4.78 is 8.78. The van der Waals surface area contributed by atoms with Gasteiger partial charge in [0.25, 0.3) is 0 Å². The maximum Gasteiger partial charge on any atom is 0.313 e. The highest BCUT2D eigenvalue weighted by Gasteiger charge is 2.29. The minimum Gasteiger partial charge on any atom is -0.481 e. The summed E-state index contributed by atoms with van der Waals surface area (Å²) >= 11 is 4.75. The molecule has 7 heteroatoms. The second kappa shape index (κ2) is 5.98. The van der Waals surface area contributed by atoms with Crippen LogP contribution >= 0.6 is 27.7 Å². The van der Waals surface area contributed by atoms with Gasteiger partial charge in [0, 0.05) is 11.1 Å². The number of rotatable bonds is 4. The number of benzene rings is 1. The van der Waals surface area contributed by atoms with Gasteiger partial charge in [0.05, 0.1) is 28.9 Å². The number of aliphatic carboxylic acids is 1. The molecule has 2 aromatic rings. The number of carbonyl (C=O) groups is 1. The highest BCUT2D eigenvalue weighted by molar-refractivity contribution is 9.10. The van der Waals surface area contributed by atoms with Crippen LogP contribution in [0, 0.1) is 0 Å². The second-order valence-electron chi connectivity index (χ2n) is 5.01. The molecule has 1 aromatic carbocycles. The SMILES string of the molecule is CC1OCCC1n1c(SCC(=O)O)nc2ccc(Br)cc21. The van der Waals surface area contributed by atoms with E-state index in [1.54, 1.807) is 0 Å². The molecule has 1 fully saturated rings. The average molecular weight is 371 g/mol. The molecule has 5 nitrogen and oxygen atoms in total. The fourth-order valence-electron chi connectivity index (χ4n) is 2.65. The van der Waals surface area contributed by atoms with Gasteiger partial charge in [-0.25, -0.2) is 4.98 Å². The molecule has 1 saturated heterocycles. The lowest BCUT2D eigenvalue weighted by molar-refractivity contribution is -0.133. The summed E-state index contributed by atoms with van der Waals surface area (Å²) in [6, 6.07) is 6.11. The zero-order valence-corrected chi connectivity index (χ0v) is 13.9. The van der Waals surface area contributed by atoms with Crippen molar-refractivity contribution in [3.63, 3.8) is 0 Å². The van der Waals surface area contributed by atoms with E-state index < -0.39 is 5.97 Å². The maximum absolute atomic E-state index is 10.8. The van der Waals surface area contributed by atoms with Crippen molar-refractivity contribution in [3.8, 4) is 0 Å². The van der Waals surface area contributed by atoms with Crippen LogP contribution in [0.2, 0.25) is 0 Å². The molecule has 0 saturated carbocycles. The molecular formula is C14H15BrN2O3S. The first kappa shape index (κ1) is 14.9. The number of hydrogen-bond donors (Lipinski definition) is 1. The number of carboxylic acid groups (broad SMARTS) is 1. The molecule has 0 radical (unpaired) electrons. The third-order valence-corrected chi connectivity index (χ3v) is 5.04. The Bertz CT molecular complexity index is 688. The van der Waals surface area contributed by atoms with Crippen LogP contribution in [-0.2, 0) is 9.53 Å². The van der Waals surface area contributed by atoms with Gasteiger partial charge < -0.3 is 14.4 Å². The number of hydrogen-bond acceptors (Lipinski definition) is 4. The van der Waals surface area contributed by atoms with Crippen LogP contribution in [0.25, 0.3) is 11.0 Å². The summed E-state index contributed by atoms with van der Waals surface area (Å²) in [6.07, 6.45) is 1.02. The van der Waals surface area contributed by atoms with E-state index in [1.807, 2.05) is 25.1 Å². The summed E-state index contributed by atoms with van der Waals surface area (Å²) in [4.78, 5) is 15.4. The molecule has 0 bridgehead atoms. The van der Waals surface area contributed by atoms with Crippen LogP contribution in [0.15, 0.2) is 27.8 Å². The predicted molar refractivity (Wildman–Crippen MR) is 84.9 cm³/mol. The monoisotopic (exact) mass is 370 g/mol. The second-order valence-corrected chi connectivity index (χ2v) is 6.87. The number of ether oxygens (including phenoxy) is 1. The lowest BCUT2D eigenvalue weighted by Crippen LogP contribution is -2.18. The van der Waals surface area contributed by atoms with Crippen molar-refractivity contribution in [3.05, 3.63) is 22.7 Å². The standard InChI is InChI=1S/C14H15BrN2O3S/c1-8-11(4-5-20-8)17-12-6-9(15)2-3-10(12)16-14(17)21-7-13(18)19/h2-3,6,8,11H,4-5,7H2,1H3,(H,18,19). The van der Waals surface area contributed by atoms with E-state index >= 15 is 0 Å². The fraction of sp³-hybridized carbons (Fsp3) is 0.429. The van der Waals surface area contributed by atoms with E-state index in [0.717, 1.165) is 33.7 Å². The van der Waals surface area contributed by atoms with Crippen molar-refractivity contribution >= 4 is 44.7 Å². The predicted octanol–water partition coefficient (Wildman–Crippen LogP) is 3.33. The van der Waals surface area contributed by atoms with Crippen molar-refractivity contribution in [2.24, 2.45) is 0 Å². The molecular weight excluding hydrogens is 356 g/mol. The number of aromatic nitrogens is 2. The van der Waals surface area contributed by atoms with Crippen LogP contribution in [0.3, 0.4) is 0 Å². The molecule has 3 rings (SSSR count). The van der Waals surface area contributed by atoms with Crippen molar-refractivity contribution in [2.45, 2.75) is 30.6 Å². The zero-order valence-electron chi connectivity index (χ0n) is 11.5. The van der Waals surface area contributed by atoms with Gasteiger partial charge >= 0.3 is 5.97 Å². The molecule has 1 aromatic heterocycles. The van der Waals surface area contributed by atoms with Gasteiger partial charge in [-0.3, -0.25) is 4.79 Å². The Morgan fingerprint density at radius 1 is 1.62 bits per heavy atom. The topological polar surface area (TPSA) is 64.3 Å². The van der Waals surface area contributed by atoms with Crippen molar-refractivity contribution in [2.75, 3.05) is 12.4 Å². The lowest BCUT2D eigenvalue weighted by Gasteiger charge is -2.19. The molecule has 112 valence electrons. The van der Waals surface area contributed by atoms with Gasteiger partial charge in [-0.05, 0) is 31.5 Å². The van der Waals surface area contributed by atoms with Gasteiger partial charge in [-0.1, -0.05) is 27.7 Å². The van der Waals surface area contributed by atoms with Crippen molar-refractivity contribution in [1.29, 1.82) is 0 Å². The highest BCUT2D eigenvalue weighted by Crippen LogP contribution is 2.35. The Labute approximate surface area is 134 Å². The molecule has 21 heavy (non-hydrogen) atoms. The minimum absolute atomic E-state index is 0.00640. The van der Waals surface area contributed by atoms with Crippen LogP contribution in [0.5, 0.6) is 0 Å².